The molecule has 0 unspecified atom stereocenters. The first-order valence-electron chi connectivity index (χ1n) is 7.90. The minimum atomic E-state index is -0.378. The van der Waals surface area contributed by atoms with E-state index in [1.807, 2.05) is 6.92 Å². The van der Waals surface area contributed by atoms with E-state index in [-0.39, 0.29) is 30.1 Å². The minimum Gasteiger partial charge on any atom is -0.450 e. The van der Waals surface area contributed by atoms with Gasteiger partial charge in [0.25, 0.3) is 5.91 Å². The molecule has 0 saturated carbocycles. The fourth-order valence-corrected chi connectivity index (χ4v) is 2.38. The molecule has 9 nitrogen and oxygen atoms in total. The Morgan fingerprint density at radius 2 is 1.83 bits per heavy atom. The molecule has 1 saturated heterocycles. The Kier molecular flexibility index (Phi) is 5.78. The average molecular weight is 337 g/mol. The number of rotatable bonds is 4. The zero-order valence-corrected chi connectivity index (χ0v) is 14.2. The summed E-state index contributed by atoms with van der Waals surface area (Å²) in [7, 11) is 1.75. The third-order valence-electron chi connectivity index (χ3n) is 3.90. The molecule has 0 radical (unpaired) electrons. The van der Waals surface area contributed by atoms with Gasteiger partial charge in [0.15, 0.2) is 0 Å². The fourth-order valence-electron chi connectivity index (χ4n) is 2.38. The molecule has 0 atom stereocenters. The molecule has 9 heteroatoms. The van der Waals surface area contributed by atoms with Gasteiger partial charge in [-0.05, 0) is 19.9 Å². The molecule has 1 fully saturated rings. The van der Waals surface area contributed by atoms with Gasteiger partial charge in [-0.15, -0.1) is 0 Å². The summed E-state index contributed by atoms with van der Waals surface area (Å²) < 4.78 is 6.54. The van der Waals surface area contributed by atoms with Gasteiger partial charge in [0.2, 0.25) is 5.91 Å². The molecule has 1 aliphatic heterocycles. The number of amides is 3. The van der Waals surface area contributed by atoms with Crippen LogP contribution in [0.3, 0.4) is 0 Å². The number of ether oxygens (including phenoxy) is 1. The summed E-state index contributed by atoms with van der Waals surface area (Å²) in [4.78, 5) is 38.9. The molecule has 132 valence electrons. The van der Waals surface area contributed by atoms with Crippen molar-refractivity contribution in [3.63, 3.8) is 0 Å². The van der Waals surface area contributed by atoms with Crippen molar-refractivity contribution < 1.29 is 19.1 Å². The Labute approximate surface area is 140 Å². The Balaban J connectivity index is 1.77. The normalized spacial score (nSPS) is 14.5. The van der Waals surface area contributed by atoms with E-state index in [2.05, 4.69) is 10.4 Å². The highest BCUT2D eigenvalue weighted by Crippen LogP contribution is 2.05. The van der Waals surface area contributed by atoms with Gasteiger partial charge in [0.1, 0.15) is 5.69 Å². The van der Waals surface area contributed by atoms with E-state index >= 15 is 0 Å². The molecule has 1 aromatic rings. The van der Waals surface area contributed by atoms with E-state index < -0.39 is 0 Å². The minimum absolute atomic E-state index is 0.0894. The molecule has 0 bridgehead atoms. The highest BCUT2D eigenvalue weighted by atomic mass is 16.6. The van der Waals surface area contributed by atoms with E-state index in [1.54, 1.807) is 34.5 Å². The lowest BCUT2D eigenvalue weighted by atomic mass is 10.3. The van der Waals surface area contributed by atoms with E-state index in [9.17, 15) is 14.4 Å². The lowest BCUT2D eigenvalue weighted by molar-refractivity contribution is -0.131. The van der Waals surface area contributed by atoms with Gasteiger partial charge in [-0.3, -0.25) is 14.3 Å². The summed E-state index contributed by atoms with van der Waals surface area (Å²) in [5.74, 6) is -0.559. The van der Waals surface area contributed by atoms with Crippen LogP contribution >= 0.6 is 0 Å². The van der Waals surface area contributed by atoms with Crippen LogP contribution in [0.15, 0.2) is 6.07 Å². The number of hydrogen-bond donors (Lipinski definition) is 1. The van der Waals surface area contributed by atoms with Crippen LogP contribution in [0.5, 0.6) is 0 Å². The van der Waals surface area contributed by atoms with Gasteiger partial charge in [-0.1, -0.05) is 0 Å². The van der Waals surface area contributed by atoms with Crippen LogP contribution in [0.2, 0.25) is 0 Å². The largest absolute Gasteiger partial charge is 0.450 e. The van der Waals surface area contributed by atoms with Crippen molar-refractivity contribution in [2.45, 2.75) is 13.8 Å². The van der Waals surface area contributed by atoms with Crippen LogP contribution in [-0.2, 0) is 16.6 Å². The number of carbonyl (C=O) groups excluding carboxylic acids is 3. The van der Waals surface area contributed by atoms with Crippen molar-refractivity contribution in [2.75, 3.05) is 39.3 Å². The summed E-state index contributed by atoms with van der Waals surface area (Å²) in [6.07, 6.45) is -0.358. The van der Waals surface area contributed by atoms with E-state index in [0.29, 0.717) is 32.8 Å². The highest BCUT2D eigenvalue weighted by Gasteiger charge is 2.25. The summed E-state index contributed by atoms with van der Waals surface area (Å²) in [6, 6.07) is 1.66. The Bertz CT molecular complexity index is 600. The molecule has 1 N–H and O–H groups in total. The van der Waals surface area contributed by atoms with Gasteiger partial charge >= 0.3 is 6.09 Å². The number of aromatic nitrogens is 2. The highest BCUT2D eigenvalue weighted by molar-refractivity contribution is 5.95. The number of aryl methyl sites for hydroxylation is 2. The van der Waals surface area contributed by atoms with Crippen LogP contribution in [-0.4, -0.2) is 76.8 Å². The number of piperazine rings is 1. The van der Waals surface area contributed by atoms with Crippen molar-refractivity contribution in [1.82, 2.24) is 24.9 Å². The summed E-state index contributed by atoms with van der Waals surface area (Å²) in [5, 5.41) is 6.65. The van der Waals surface area contributed by atoms with Gasteiger partial charge < -0.3 is 19.9 Å². The predicted octanol–water partition coefficient (Wildman–Crippen LogP) is -0.241. The molecule has 0 aromatic carbocycles. The summed E-state index contributed by atoms with van der Waals surface area (Å²) in [6.45, 7) is 5.55. The third kappa shape index (κ3) is 4.24. The molecule has 1 aromatic heterocycles. The predicted molar refractivity (Wildman–Crippen MR) is 85.5 cm³/mol. The molecule has 0 spiro atoms. The van der Waals surface area contributed by atoms with Crippen molar-refractivity contribution in [2.24, 2.45) is 7.05 Å². The van der Waals surface area contributed by atoms with Gasteiger partial charge in [-0.25, -0.2) is 4.79 Å². The van der Waals surface area contributed by atoms with Crippen LogP contribution in [0.4, 0.5) is 4.79 Å². The van der Waals surface area contributed by atoms with E-state index in [1.165, 1.54) is 0 Å². The van der Waals surface area contributed by atoms with E-state index in [4.69, 9.17) is 4.74 Å². The molecular weight excluding hydrogens is 314 g/mol. The molecular formula is C15H23N5O4. The van der Waals surface area contributed by atoms with Crippen LogP contribution in [0.25, 0.3) is 0 Å². The molecule has 2 rings (SSSR count). The van der Waals surface area contributed by atoms with Gasteiger partial charge in [0.05, 0.1) is 13.2 Å². The Morgan fingerprint density at radius 3 is 2.38 bits per heavy atom. The van der Waals surface area contributed by atoms with Crippen molar-refractivity contribution in [3.05, 3.63) is 17.5 Å². The first-order chi connectivity index (χ1) is 11.4. The Hall–Kier alpha value is -2.58. The smallest absolute Gasteiger partial charge is 0.409 e. The third-order valence-corrected chi connectivity index (χ3v) is 3.90. The maximum Gasteiger partial charge on any atom is 0.409 e. The topological polar surface area (TPSA) is 96.8 Å². The monoisotopic (exact) mass is 337 g/mol. The fraction of sp³-hybridized carbons (Fsp3) is 0.600. The second kappa shape index (κ2) is 7.80. The molecule has 2 heterocycles. The molecule has 3 amide bonds. The number of nitrogens with zero attached hydrogens (tertiary/aromatic N) is 4. The first-order valence-corrected chi connectivity index (χ1v) is 7.90. The maximum absolute atomic E-state index is 12.2. The maximum atomic E-state index is 12.2. The zero-order chi connectivity index (χ0) is 17.7. The number of nitrogens with one attached hydrogen (secondary N) is 1. The SMILES string of the molecule is CCOC(=O)N1CCN(C(=O)CNC(=O)c2cc(C)n(C)n2)CC1. The molecule has 24 heavy (non-hydrogen) atoms. The zero-order valence-electron chi connectivity index (χ0n) is 14.2. The molecule has 0 aliphatic carbocycles. The quantitative estimate of drug-likeness (QED) is 0.818. The first kappa shape index (κ1) is 17.8. The molecule has 1 aliphatic rings. The van der Waals surface area contributed by atoms with Crippen molar-refractivity contribution in [3.8, 4) is 0 Å². The second-order valence-electron chi connectivity index (χ2n) is 5.54. The van der Waals surface area contributed by atoms with Gasteiger partial charge in [-0.2, -0.15) is 5.10 Å². The summed E-state index contributed by atoms with van der Waals surface area (Å²) >= 11 is 0. The van der Waals surface area contributed by atoms with Crippen molar-refractivity contribution >= 4 is 17.9 Å². The van der Waals surface area contributed by atoms with Crippen LogP contribution in [0, 0.1) is 6.92 Å². The lowest BCUT2D eigenvalue weighted by Gasteiger charge is -2.34. The van der Waals surface area contributed by atoms with E-state index in [0.717, 1.165) is 5.69 Å². The van der Waals surface area contributed by atoms with Gasteiger partial charge in [0, 0.05) is 38.9 Å². The van der Waals surface area contributed by atoms with Crippen molar-refractivity contribution in [1.29, 1.82) is 0 Å². The second-order valence-corrected chi connectivity index (χ2v) is 5.54. The average Bonchev–Trinajstić information content (AvgIpc) is 2.92. The number of hydrogen-bond acceptors (Lipinski definition) is 5. The standard InChI is InChI=1S/C15H23N5O4/c1-4-24-15(23)20-7-5-19(6-8-20)13(21)10-16-14(22)12-9-11(2)18(3)17-12/h9H,4-8,10H2,1-3H3,(H,16,22). The van der Waals surface area contributed by atoms with Crippen LogP contribution in [0.1, 0.15) is 23.1 Å². The Morgan fingerprint density at radius 1 is 1.21 bits per heavy atom. The van der Waals surface area contributed by atoms with Crippen LogP contribution < -0.4 is 5.32 Å². The summed E-state index contributed by atoms with van der Waals surface area (Å²) in [5.41, 5.74) is 1.15. The number of carbonyl (C=O) groups is 3. The lowest BCUT2D eigenvalue weighted by Crippen LogP contribution is -2.52.